The van der Waals surface area contributed by atoms with Crippen LogP contribution >= 0.6 is 23.4 Å². The number of thioether (sulfide) groups is 1. The molecular formula is C20H24ClN5O3S2. The van der Waals surface area contributed by atoms with Crippen molar-refractivity contribution >= 4 is 50.6 Å². The molecule has 1 unspecified atom stereocenters. The standard InChI is InChI=1S/C20H24ClN5O3S2/c1-5-25(6-2)31(28,29)16-9-10-18-23-24-20(26(18)12-16)30-14(4)19(27)22-17-11-15(21)8-7-13(17)3/h7-12,14H,5-6H2,1-4H3,(H,22,27). The number of benzene rings is 1. The molecule has 3 aromatic rings. The lowest BCUT2D eigenvalue weighted by Crippen LogP contribution is -2.30. The van der Waals surface area contributed by atoms with Gasteiger partial charge in [-0.2, -0.15) is 4.31 Å². The van der Waals surface area contributed by atoms with Crippen LogP contribution in [-0.2, 0) is 14.8 Å². The largest absolute Gasteiger partial charge is 0.325 e. The number of hydrogen-bond acceptors (Lipinski definition) is 6. The molecule has 3 rings (SSSR count). The van der Waals surface area contributed by atoms with E-state index < -0.39 is 15.3 Å². The summed E-state index contributed by atoms with van der Waals surface area (Å²) in [5, 5.41) is 11.5. The number of pyridine rings is 1. The van der Waals surface area contributed by atoms with Gasteiger partial charge in [0.1, 0.15) is 0 Å². The Labute approximate surface area is 191 Å². The molecule has 1 amide bonds. The molecule has 1 aromatic carbocycles. The number of fused-ring (bicyclic) bond motifs is 1. The lowest BCUT2D eigenvalue weighted by molar-refractivity contribution is -0.115. The summed E-state index contributed by atoms with van der Waals surface area (Å²) < 4.78 is 28.7. The summed E-state index contributed by atoms with van der Waals surface area (Å²) in [5.74, 6) is -0.223. The number of nitrogens with zero attached hydrogens (tertiary/aromatic N) is 4. The van der Waals surface area contributed by atoms with Gasteiger partial charge in [0.05, 0.1) is 10.1 Å². The minimum atomic E-state index is -3.63. The van der Waals surface area contributed by atoms with E-state index in [0.717, 1.165) is 5.56 Å². The molecular weight excluding hydrogens is 458 g/mol. The topological polar surface area (TPSA) is 96.7 Å². The Morgan fingerprint density at radius 3 is 2.61 bits per heavy atom. The molecule has 0 spiro atoms. The number of sulfonamides is 1. The van der Waals surface area contributed by atoms with Crippen molar-refractivity contribution in [1.29, 1.82) is 0 Å². The first-order valence-corrected chi connectivity index (χ1v) is 12.5. The van der Waals surface area contributed by atoms with Gasteiger partial charge in [-0.15, -0.1) is 10.2 Å². The van der Waals surface area contributed by atoms with Crippen LogP contribution in [0.15, 0.2) is 46.6 Å². The molecule has 0 radical (unpaired) electrons. The van der Waals surface area contributed by atoms with E-state index in [1.165, 1.54) is 28.3 Å². The number of halogens is 1. The predicted molar refractivity (Wildman–Crippen MR) is 123 cm³/mol. The normalized spacial score (nSPS) is 13.0. The fourth-order valence-corrected chi connectivity index (χ4v) is 5.43. The fourth-order valence-electron chi connectivity index (χ4n) is 2.97. The van der Waals surface area contributed by atoms with Gasteiger partial charge in [0.15, 0.2) is 10.8 Å². The zero-order valence-electron chi connectivity index (χ0n) is 17.7. The molecule has 2 heterocycles. The molecule has 8 nitrogen and oxygen atoms in total. The van der Waals surface area contributed by atoms with Gasteiger partial charge in [-0.3, -0.25) is 9.20 Å². The Hall–Kier alpha value is -2.14. The molecule has 0 aliphatic heterocycles. The van der Waals surface area contributed by atoms with Gasteiger partial charge in [0.2, 0.25) is 15.9 Å². The zero-order chi connectivity index (χ0) is 22.8. The molecule has 0 aliphatic rings. The number of carbonyl (C=O) groups is 1. The Morgan fingerprint density at radius 1 is 1.23 bits per heavy atom. The maximum atomic E-state index is 12.9. The summed E-state index contributed by atoms with van der Waals surface area (Å²) in [4.78, 5) is 12.8. The van der Waals surface area contributed by atoms with Crippen molar-refractivity contribution in [3.8, 4) is 0 Å². The van der Waals surface area contributed by atoms with E-state index in [1.807, 2.05) is 13.0 Å². The van der Waals surface area contributed by atoms with Crippen LogP contribution in [0, 0.1) is 6.92 Å². The first-order chi connectivity index (χ1) is 14.7. The average Bonchev–Trinajstić information content (AvgIpc) is 3.13. The number of nitrogens with one attached hydrogen (secondary N) is 1. The molecule has 31 heavy (non-hydrogen) atoms. The van der Waals surface area contributed by atoms with E-state index in [4.69, 9.17) is 11.6 Å². The summed E-state index contributed by atoms with van der Waals surface area (Å²) in [7, 11) is -3.63. The van der Waals surface area contributed by atoms with E-state index in [-0.39, 0.29) is 10.8 Å². The van der Waals surface area contributed by atoms with Gasteiger partial charge in [-0.05, 0) is 43.7 Å². The Kier molecular flexibility index (Phi) is 7.25. The summed E-state index contributed by atoms with van der Waals surface area (Å²) in [6, 6.07) is 8.41. The van der Waals surface area contributed by atoms with Crippen molar-refractivity contribution in [2.45, 2.75) is 43.0 Å². The molecule has 0 fully saturated rings. The second-order valence-corrected chi connectivity index (χ2v) is 10.6. The molecule has 1 N–H and O–H groups in total. The van der Waals surface area contributed by atoms with E-state index in [2.05, 4.69) is 15.5 Å². The molecule has 2 aromatic heterocycles. The molecule has 0 saturated carbocycles. The van der Waals surface area contributed by atoms with Crippen LogP contribution < -0.4 is 5.32 Å². The molecule has 1 atom stereocenters. The van der Waals surface area contributed by atoms with E-state index in [9.17, 15) is 13.2 Å². The van der Waals surface area contributed by atoms with E-state index in [1.54, 1.807) is 43.4 Å². The van der Waals surface area contributed by atoms with Crippen molar-refractivity contribution in [3.63, 3.8) is 0 Å². The van der Waals surface area contributed by atoms with Crippen LogP contribution in [0.1, 0.15) is 26.3 Å². The highest BCUT2D eigenvalue weighted by molar-refractivity contribution is 8.00. The lowest BCUT2D eigenvalue weighted by atomic mass is 10.2. The number of amides is 1. The van der Waals surface area contributed by atoms with Crippen LogP contribution in [0.3, 0.4) is 0 Å². The van der Waals surface area contributed by atoms with Crippen LogP contribution in [0.4, 0.5) is 5.69 Å². The van der Waals surface area contributed by atoms with E-state index in [0.29, 0.717) is 34.6 Å². The molecule has 0 saturated heterocycles. The monoisotopic (exact) mass is 481 g/mol. The van der Waals surface area contributed by atoms with Crippen molar-refractivity contribution in [2.24, 2.45) is 0 Å². The minimum Gasteiger partial charge on any atom is -0.325 e. The Balaban J connectivity index is 1.84. The summed E-state index contributed by atoms with van der Waals surface area (Å²) in [5.41, 5.74) is 2.04. The SMILES string of the molecule is CCN(CC)S(=O)(=O)c1ccc2nnc(SC(C)C(=O)Nc3cc(Cl)ccc3C)n2c1. The number of rotatable bonds is 8. The minimum absolute atomic E-state index is 0.150. The number of anilines is 1. The highest BCUT2D eigenvalue weighted by atomic mass is 35.5. The van der Waals surface area contributed by atoms with Crippen molar-refractivity contribution < 1.29 is 13.2 Å². The van der Waals surface area contributed by atoms with E-state index >= 15 is 0 Å². The van der Waals surface area contributed by atoms with Crippen molar-refractivity contribution in [3.05, 3.63) is 47.1 Å². The quantitative estimate of drug-likeness (QED) is 0.491. The highest BCUT2D eigenvalue weighted by Gasteiger charge is 2.24. The summed E-state index contributed by atoms with van der Waals surface area (Å²) in [6.07, 6.45) is 1.50. The summed E-state index contributed by atoms with van der Waals surface area (Å²) in [6.45, 7) is 7.97. The van der Waals surface area contributed by atoms with Gasteiger partial charge >= 0.3 is 0 Å². The maximum absolute atomic E-state index is 12.9. The fraction of sp³-hybridized carbons (Fsp3) is 0.350. The number of hydrogen-bond donors (Lipinski definition) is 1. The van der Waals surface area contributed by atoms with Crippen molar-refractivity contribution in [2.75, 3.05) is 18.4 Å². The van der Waals surface area contributed by atoms with Gasteiger partial charge in [-0.25, -0.2) is 8.42 Å². The predicted octanol–water partition coefficient (Wildman–Crippen LogP) is 3.84. The number of aryl methyl sites for hydroxylation is 1. The van der Waals surface area contributed by atoms with Crippen LogP contribution in [-0.4, -0.2) is 51.6 Å². The smallest absolute Gasteiger partial charge is 0.244 e. The lowest BCUT2D eigenvalue weighted by Gasteiger charge is -2.18. The first kappa shape index (κ1) is 23.5. The highest BCUT2D eigenvalue weighted by Crippen LogP contribution is 2.26. The zero-order valence-corrected chi connectivity index (χ0v) is 20.1. The average molecular weight is 482 g/mol. The van der Waals surface area contributed by atoms with Gasteiger partial charge in [0.25, 0.3) is 0 Å². The van der Waals surface area contributed by atoms with Crippen LogP contribution in [0.2, 0.25) is 5.02 Å². The third-order valence-electron chi connectivity index (χ3n) is 4.80. The van der Waals surface area contributed by atoms with Gasteiger partial charge < -0.3 is 5.32 Å². The molecule has 0 bridgehead atoms. The van der Waals surface area contributed by atoms with Gasteiger partial charge in [-0.1, -0.05) is 43.3 Å². The number of aromatic nitrogens is 3. The third kappa shape index (κ3) is 5.03. The Morgan fingerprint density at radius 2 is 1.94 bits per heavy atom. The number of carbonyl (C=O) groups excluding carboxylic acids is 1. The third-order valence-corrected chi connectivity index (χ3v) is 8.12. The van der Waals surface area contributed by atoms with Crippen LogP contribution in [0.25, 0.3) is 5.65 Å². The summed E-state index contributed by atoms with van der Waals surface area (Å²) >= 11 is 7.22. The van der Waals surface area contributed by atoms with Crippen molar-refractivity contribution in [1.82, 2.24) is 18.9 Å². The molecule has 166 valence electrons. The molecule has 11 heteroatoms. The molecule has 0 aliphatic carbocycles. The second kappa shape index (κ2) is 9.56. The maximum Gasteiger partial charge on any atom is 0.244 e. The Bertz CT molecular complexity index is 1210. The first-order valence-electron chi connectivity index (χ1n) is 9.76. The second-order valence-electron chi connectivity index (χ2n) is 6.87. The van der Waals surface area contributed by atoms with Gasteiger partial charge in [0, 0.05) is 30.0 Å². The van der Waals surface area contributed by atoms with Crippen LogP contribution in [0.5, 0.6) is 0 Å².